The summed E-state index contributed by atoms with van der Waals surface area (Å²) in [5.41, 5.74) is 2.79. The Morgan fingerprint density at radius 1 is 1.09 bits per heavy atom. The Labute approximate surface area is 208 Å². The predicted molar refractivity (Wildman–Crippen MR) is 141 cm³/mol. The lowest BCUT2D eigenvalue weighted by Gasteiger charge is -2.33. The van der Waals surface area contributed by atoms with E-state index in [1.807, 2.05) is 42.5 Å². The SMILES string of the molecule is CCN(CC)CCNC(=O)c1cc(NC(=O)C(Cl)c2ccccc2)ccc1N1CCC(C)CC1. The second kappa shape index (κ2) is 12.8. The normalized spacial score (nSPS) is 15.3. The van der Waals surface area contributed by atoms with Crippen LogP contribution in [0.3, 0.4) is 0 Å². The third kappa shape index (κ3) is 6.97. The van der Waals surface area contributed by atoms with Gasteiger partial charge in [-0.2, -0.15) is 0 Å². The minimum Gasteiger partial charge on any atom is -0.371 e. The van der Waals surface area contributed by atoms with Gasteiger partial charge < -0.3 is 20.4 Å². The second-order valence-electron chi connectivity index (χ2n) is 8.95. The van der Waals surface area contributed by atoms with Gasteiger partial charge in [0, 0.05) is 37.6 Å². The second-order valence-corrected chi connectivity index (χ2v) is 9.38. The molecule has 1 heterocycles. The van der Waals surface area contributed by atoms with Gasteiger partial charge in [0.25, 0.3) is 5.91 Å². The summed E-state index contributed by atoms with van der Waals surface area (Å²) >= 11 is 6.40. The maximum Gasteiger partial charge on any atom is 0.253 e. The van der Waals surface area contributed by atoms with Crippen LogP contribution in [0.25, 0.3) is 0 Å². The molecule has 0 aliphatic carbocycles. The largest absolute Gasteiger partial charge is 0.371 e. The summed E-state index contributed by atoms with van der Waals surface area (Å²) in [7, 11) is 0. The molecule has 0 spiro atoms. The first-order chi connectivity index (χ1) is 16.4. The number of amides is 2. The van der Waals surface area contributed by atoms with Crippen LogP contribution in [-0.4, -0.2) is 56.0 Å². The maximum atomic E-state index is 13.2. The van der Waals surface area contributed by atoms with Gasteiger partial charge in [-0.3, -0.25) is 9.59 Å². The van der Waals surface area contributed by atoms with Crippen LogP contribution < -0.4 is 15.5 Å². The number of carbonyl (C=O) groups is 2. The standard InChI is InChI=1S/C27H37ClN4O2/c1-4-31(5-2)18-15-29-26(33)23-19-22(11-12-24(23)32-16-13-20(3)14-17-32)30-27(34)25(28)21-9-7-6-8-10-21/h6-12,19-20,25H,4-5,13-18H2,1-3H3,(H,29,33)(H,30,34). The molecule has 2 aromatic carbocycles. The summed E-state index contributed by atoms with van der Waals surface area (Å²) in [6.45, 7) is 11.6. The minimum absolute atomic E-state index is 0.123. The van der Waals surface area contributed by atoms with E-state index in [1.54, 1.807) is 6.07 Å². The monoisotopic (exact) mass is 484 g/mol. The molecule has 0 radical (unpaired) electrons. The quantitative estimate of drug-likeness (QED) is 0.470. The van der Waals surface area contributed by atoms with E-state index >= 15 is 0 Å². The number of nitrogens with zero attached hydrogens (tertiary/aromatic N) is 2. The topological polar surface area (TPSA) is 64.7 Å². The van der Waals surface area contributed by atoms with Crippen LogP contribution >= 0.6 is 11.6 Å². The van der Waals surface area contributed by atoms with Crippen molar-refractivity contribution < 1.29 is 9.59 Å². The zero-order valence-electron chi connectivity index (χ0n) is 20.5. The molecule has 1 fully saturated rings. The van der Waals surface area contributed by atoms with E-state index in [9.17, 15) is 9.59 Å². The van der Waals surface area contributed by atoms with Gasteiger partial charge in [0.1, 0.15) is 5.38 Å². The van der Waals surface area contributed by atoms with Crippen LogP contribution in [0.2, 0.25) is 0 Å². The van der Waals surface area contributed by atoms with Crippen molar-refractivity contribution in [2.24, 2.45) is 5.92 Å². The number of hydrogen-bond acceptors (Lipinski definition) is 4. The Bertz CT molecular complexity index is 941. The molecule has 1 atom stereocenters. The molecule has 1 aliphatic heterocycles. The molecule has 1 aliphatic rings. The Kier molecular flexibility index (Phi) is 9.78. The molecule has 7 heteroatoms. The fourth-order valence-electron chi connectivity index (χ4n) is 4.26. The lowest BCUT2D eigenvalue weighted by molar-refractivity contribution is -0.116. The molecule has 34 heavy (non-hydrogen) atoms. The molecule has 0 saturated carbocycles. The third-order valence-electron chi connectivity index (χ3n) is 6.56. The van der Waals surface area contributed by atoms with E-state index in [0.29, 0.717) is 23.7 Å². The van der Waals surface area contributed by atoms with Crippen molar-refractivity contribution in [1.82, 2.24) is 10.2 Å². The first-order valence-electron chi connectivity index (χ1n) is 12.3. The molecule has 0 aromatic heterocycles. The first-order valence-corrected chi connectivity index (χ1v) is 12.8. The molecule has 1 saturated heterocycles. The smallest absolute Gasteiger partial charge is 0.253 e. The Morgan fingerprint density at radius 3 is 2.41 bits per heavy atom. The number of likely N-dealkylation sites (N-methyl/N-ethyl adjacent to an activating group) is 1. The molecule has 6 nitrogen and oxygen atoms in total. The number of halogens is 1. The first kappa shape index (κ1) is 26.0. The van der Waals surface area contributed by atoms with Crippen molar-refractivity contribution in [3.63, 3.8) is 0 Å². The highest BCUT2D eigenvalue weighted by Gasteiger charge is 2.23. The highest BCUT2D eigenvalue weighted by Crippen LogP contribution is 2.30. The molecular formula is C27H37ClN4O2. The van der Waals surface area contributed by atoms with Crippen molar-refractivity contribution in [3.05, 3.63) is 59.7 Å². The summed E-state index contributed by atoms with van der Waals surface area (Å²) < 4.78 is 0. The van der Waals surface area contributed by atoms with Gasteiger partial charge in [-0.25, -0.2) is 0 Å². The van der Waals surface area contributed by atoms with Crippen LogP contribution in [0.5, 0.6) is 0 Å². The van der Waals surface area contributed by atoms with Crippen LogP contribution in [0, 0.1) is 5.92 Å². The fraction of sp³-hybridized carbons (Fsp3) is 0.481. The number of anilines is 2. The Hall–Kier alpha value is -2.57. The van der Waals surface area contributed by atoms with Gasteiger partial charge in [-0.05, 0) is 55.6 Å². The van der Waals surface area contributed by atoms with Crippen LogP contribution in [0.1, 0.15) is 54.9 Å². The predicted octanol–water partition coefficient (Wildman–Crippen LogP) is 4.91. The van der Waals surface area contributed by atoms with Crippen molar-refractivity contribution in [2.75, 3.05) is 49.5 Å². The van der Waals surface area contributed by atoms with E-state index in [1.165, 1.54) is 0 Å². The van der Waals surface area contributed by atoms with E-state index in [-0.39, 0.29) is 11.8 Å². The molecule has 2 N–H and O–H groups in total. The number of alkyl halides is 1. The summed E-state index contributed by atoms with van der Waals surface area (Å²) in [5.74, 6) is 0.252. The Morgan fingerprint density at radius 2 is 1.76 bits per heavy atom. The highest BCUT2D eigenvalue weighted by molar-refractivity contribution is 6.32. The third-order valence-corrected chi connectivity index (χ3v) is 7.01. The summed E-state index contributed by atoms with van der Waals surface area (Å²) in [5, 5.41) is 5.15. The van der Waals surface area contributed by atoms with Gasteiger partial charge in [0.2, 0.25) is 5.91 Å². The average Bonchev–Trinajstić information content (AvgIpc) is 2.87. The van der Waals surface area contributed by atoms with Gasteiger partial charge in [0.05, 0.1) is 5.56 Å². The van der Waals surface area contributed by atoms with Crippen molar-refractivity contribution in [3.8, 4) is 0 Å². The zero-order chi connectivity index (χ0) is 24.5. The number of carbonyl (C=O) groups excluding carboxylic acids is 2. The van der Waals surface area contributed by atoms with E-state index < -0.39 is 5.38 Å². The van der Waals surface area contributed by atoms with E-state index in [0.717, 1.165) is 56.8 Å². The summed E-state index contributed by atoms with van der Waals surface area (Å²) in [4.78, 5) is 30.5. The average molecular weight is 485 g/mol. The molecule has 2 aromatic rings. The summed E-state index contributed by atoms with van der Waals surface area (Å²) in [6.07, 6.45) is 2.21. The maximum absolute atomic E-state index is 13.2. The minimum atomic E-state index is -0.809. The Balaban J connectivity index is 1.77. The molecule has 3 rings (SSSR count). The van der Waals surface area contributed by atoms with Crippen molar-refractivity contribution >= 4 is 34.8 Å². The summed E-state index contributed by atoms with van der Waals surface area (Å²) in [6, 6.07) is 14.8. The number of nitrogens with one attached hydrogen (secondary N) is 2. The highest BCUT2D eigenvalue weighted by atomic mass is 35.5. The molecular weight excluding hydrogens is 448 g/mol. The van der Waals surface area contributed by atoms with Crippen LogP contribution in [0.4, 0.5) is 11.4 Å². The lowest BCUT2D eigenvalue weighted by Crippen LogP contribution is -2.37. The van der Waals surface area contributed by atoms with Gasteiger partial charge in [-0.1, -0.05) is 51.1 Å². The van der Waals surface area contributed by atoms with Crippen LogP contribution in [-0.2, 0) is 4.79 Å². The van der Waals surface area contributed by atoms with Crippen molar-refractivity contribution in [2.45, 2.75) is 39.0 Å². The van der Waals surface area contributed by atoms with E-state index in [4.69, 9.17) is 11.6 Å². The molecule has 1 unspecified atom stereocenters. The molecule has 0 bridgehead atoms. The van der Waals surface area contributed by atoms with Crippen molar-refractivity contribution in [1.29, 1.82) is 0 Å². The molecule has 184 valence electrons. The number of benzene rings is 2. The van der Waals surface area contributed by atoms with Crippen LogP contribution in [0.15, 0.2) is 48.5 Å². The number of rotatable bonds is 10. The number of piperidine rings is 1. The zero-order valence-corrected chi connectivity index (χ0v) is 21.3. The van der Waals surface area contributed by atoms with Gasteiger partial charge in [0.15, 0.2) is 0 Å². The number of hydrogen-bond donors (Lipinski definition) is 2. The van der Waals surface area contributed by atoms with Gasteiger partial charge in [-0.15, -0.1) is 11.6 Å². The van der Waals surface area contributed by atoms with Gasteiger partial charge >= 0.3 is 0 Å². The lowest BCUT2D eigenvalue weighted by atomic mass is 9.97. The van der Waals surface area contributed by atoms with E-state index in [2.05, 4.69) is 41.2 Å². The fourth-order valence-corrected chi connectivity index (χ4v) is 4.46. The molecule has 2 amide bonds.